The molecule has 0 bridgehead atoms. The molecular weight excluding hydrogens is 259 g/mol. The number of pyridine rings is 1. The maximum absolute atomic E-state index is 12.7. The van der Waals surface area contributed by atoms with Gasteiger partial charge in [-0.3, -0.25) is 9.78 Å². The minimum atomic E-state index is -0.296. The number of carbonyl (C=O) groups is 1. The Balaban J connectivity index is 1.75. The second-order valence-corrected chi connectivity index (χ2v) is 4.33. The second kappa shape index (κ2) is 6.65. The Hall–Kier alpha value is -2.43. The number of nitrogens with zero attached hydrogens (tertiary/aromatic N) is 1. The van der Waals surface area contributed by atoms with Gasteiger partial charge in [-0.2, -0.15) is 0 Å². The van der Waals surface area contributed by atoms with E-state index in [2.05, 4.69) is 10.3 Å². The fraction of sp³-hybridized carbons (Fsp3) is 0.200. The third-order valence-corrected chi connectivity index (χ3v) is 2.66. The van der Waals surface area contributed by atoms with Crippen molar-refractivity contribution in [3.8, 4) is 5.75 Å². The van der Waals surface area contributed by atoms with Crippen molar-refractivity contribution < 1.29 is 13.9 Å². The van der Waals surface area contributed by atoms with Gasteiger partial charge in [0.05, 0.1) is 6.20 Å². The Morgan fingerprint density at radius 3 is 2.65 bits per heavy atom. The highest BCUT2D eigenvalue weighted by molar-refractivity contribution is 5.77. The molecule has 0 aliphatic carbocycles. The first-order valence-electron chi connectivity index (χ1n) is 6.20. The monoisotopic (exact) mass is 274 g/mol. The molecule has 1 aromatic heterocycles. The summed E-state index contributed by atoms with van der Waals surface area (Å²) < 4.78 is 18.0. The second-order valence-electron chi connectivity index (χ2n) is 4.33. The first-order valence-corrected chi connectivity index (χ1v) is 6.20. The SMILES string of the molecule is Cc1ccc(OCC(=O)NCc2ccc(F)cc2)cn1. The van der Waals surface area contributed by atoms with Crippen LogP contribution in [0.1, 0.15) is 11.3 Å². The summed E-state index contributed by atoms with van der Waals surface area (Å²) in [5.74, 6) is 0.0118. The van der Waals surface area contributed by atoms with Crippen molar-refractivity contribution in [2.24, 2.45) is 0 Å². The molecule has 0 radical (unpaired) electrons. The van der Waals surface area contributed by atoms with Gasteiger partial charge in [0.2, 0.25) is 0 Å². The Morgan fingerprint density at radius 1 is 1.25 bits per heavy atom. The molecule has 1 heterocycles. The van der Waals surface area contributed by atoms with Gasteiger partial charge in [0.15, 0.2) is 6.61 Å². The maximum Gasteiger partial charge on any atom is 0.258 e. The van der Waals surface area contributed by atoms with Gasteiger partial charge in [-0.05, 0) is 36.8 Å². The standard InChI is InChI=1S/C15H15FN2O2/c1-11-2-7-14(9-17-11)20-10-15(19)18-8-12-3-5-13(16)6-4-12/h2-7,9H,8,10H2,1H3,(H,18,19). The van der Waals surface area contributed by atoms with Crippen molar-refractivity contribution in [3.63, 3.8) is 0 Å². The van der Waals surface area contributed by atoms with Crippen LogP contribution < -0.4 is 10.1 Å². The van der Waals surface area contributed by atoms with Crippen LogP contribution >= 0.6 is 0 Å². The number of carbonyl (C=O) groups excluding carboxylic acids is 1. The average Bonchev–Trinajstić information content (AvgIpc) is 2.46. The predicted octanol–water partition coefficient (Wildman–Crippen LogP) is 2.22. The van der Waals surface area contributed by atoms with Crippen LogP contribution in [0.15, 0.2) is 42.6 Å². The minimum absolute atomic E-state index is 0.0774. The summed E-state index contributed by atoms with van der Waals surface area (Å²) >= 11 is 0. The van der Waals surface area contributed by atoms with E-state index in [0.29, 0.717) is 12.3 Å². The number of rotatable bonds is 5. The van der Waals surface area contributed by atoms with Gasteiger partial charge >= 0.3 is 0 Å². The highest BCUT2D eigenvalue weighted by atomic mass is 19.1. The van der Waals surface area contributed by atoms with E-state index < -0.39 is 0 Å². The van der Waals surface area contributed by atoms with Crippen molar-refractivity contribution in [1.82, 2.24) is 10.3 Å². The van der Waals surface area contributed by atoms with Crippen molar-refractivity contribution in [1.29, 1.82) is 0 Å². The van der Waals surface area contributed by atoms with E-state index in [-0.39, 0.29) is 18.3 Å². The number of aromatic nitrogens is 1. The molecule has 0 atom stereocenters. The van der Waals surface area contributed by atoms with Crippen molar-refractivity contribution >= 4 is 5.91 Å². The van der Waals surface area contributed by atoms with Crippen LogP contribution in [0.25, 0.3) is 0 Å². The number of ether oxygens (including phenoxy) is 1. The predicted molar refractivity (Wildman–Crippen MR) is 72.7 cm³/mol. The number of halogens is 1. The van der Waals surface area contributed by atoms with Crippen LogP contribution in [0.4, 0.5) is 4.39 Å². The van der Waals surface area contributed by atoms with E-state index in [4.69, 9.17) is 4.74 Å². The zero-order chi connectivity index (χ0) is 14.4. The molecule has 0 spiro atoms. The van der Waals surface area contributed by atoms with Crippen molar-refractivity contribution in [2.75, 3.05) is 6.61 Å². The third-order valence-electron chi connectivity index (χ3n) is 2.66. The average molecular weight is 274 g/mol. The summed E-state index contributed by atoms with van der Waals surface area (Å²) in [5, 5.41) is 2.69. The number of hydrogen-bond acceptors (Lipinski definition) is 3. The highest BCUT2D eigenvalue weighted by Crippen LogP contribution is 2.08. The minimum Gasteiger partial charge on any atom is -0.482 e. The zero-order valence-corrected chi connectivity index (χ0v) is 11.1. The van der Waals surface area contributed by atoms with E-state index in [1.807, 2.05) is 13.0 Å². The lowest BCUT2D eigenvalue weighted by Gasteiger charge is -2.07. The Bertz CT molecular complexity index is 516. The lowest BCUT2D eigenvalue weighted by Crippen LogP contribution is -2.28. The molecule has 1 amide bonds. The number of amides is 1. The van der Waals surface area contributed by atoms with Crippen LogP contribution in [0.5, 0.6) is 5.75 Å². The largest absolute Gasteiger partial charge is 0.482 e. The Kier molecular flexibility index (Phi) is 4.65. The van der Waals surface area contributed by atoms with Gasteiger partial charge in [-0.15, -0.1) is 0 Å². The number of hydrogen-bond donors (Lipinski definition) is 1. The number of benzene rings is 1. The van der Waals surface area contributed by atoms with Gasteiger partial charge < -0.3 is 10.1 Å². The van der Waals surface area contributed by atoms with E-state index in [1.54, 1.807) is 24.4 Å². The molecule has 1 N–H and O–H groups in total. The Labute approximate surface area is 116 Å². The number of aryl methyl sites for hydroxylation is 1. The van der Waals surface area contributed by atoms with Gasteiger partial charge in [-0.25, -0.2) is 4.39 Å². The van der Waals surface area contributed by atoms with E-state index in [9.17, 15) is 9.18 Å². The fourth-order valence-electron chi connectivity index (χ4n) is 1.54. The molecule has 5 heteroatoms. The molecule has 0 saturated heterocycles. The molecule has 0 unspecified atom stereocenters. The van der Waals surface area contributed by atoms with Crippen LogP contribution in [0.2, 0.25) is 0 Å². The molecule has 20 heavy (non-hydrogen) atoms. The summed E-state index contributed by atoms with van der Waals surface area (Å²) in [6.07, 6.45) is 1.57. The van der Waals surface area contributed by atoms with Gasteiger partial charge in [-0.1, -0.05) is 12.1 Å². The lowest BCUT2D eigenvalue weighted by molar-refractivity contribution is -0.123. The normalized spacial score (nSPS) is 10.1. The van der Waals surface area contributed by atoms with E-state index >= 15 is 0 Å². The summed E-state index contributed by atoms with van der Waals surface area (Å²) in [4.78, 5) is 15.7. The molecule has 4 nitrogen and oxygen atoms in total. The molecule has 2 rings (SSSR count). The van der Waals surface area contributed by atoms with Gasteiger partial charge in [0, 0.05) is 12.2 Å². The molecule has 0 aliphatic rings. The van der Waals surface area contributed by atoms with Crippen LogP contribution in [0.3, 0.4) is 0 Å². The molecular formula is C15H15FN2O2. The molecule has 104 valence electrons. The van der Waals surface area contributed by atoms with E-state index in [1.165, 1.54) is 12.1 Å². The quantitative estimate of drug-likeness (QED) is 0.909. The molecule has 0 fully saturated rings. The molecule has 0 saturated carbocycles. The summed E-state index contributed by atoms with van der Waals surface area (Å²) in [7, 11) is 0. The van der Waals surface area contributed by atoms with Crippen LogP contribution in [-0.4, -0.2) is 17.5 Å². The number of nitrogens with one attached hydrogen (secondary N) is 1. The highest BCUT2D eigenvalue weighted by Gasteiger charge is 2.03. The van der Waals surface area contributed by atoms with Crippen LogP contribution in [-0.2, 0) is 11.3 Å². The maximum atomic E-state index is 12.7. The zero-order valence-electron chi connectivity index (χ0n) is 11.1. The summed E-state index contributed by atoms with van der Waals surface area (Å²) in [6, 6.07) is 9.54. The molecule has 2 aromatic rings. The first-order chi connectivity index (χ1) is 9.63. The summed E-state index contributed by atoms with van der Waals surface area (Å²) in [6.45, 7) is 2.14. The Morgan fingerprint density at radius 2 is 2.00 bits per heavy atom. The van der Waals surface area contributed by atoms with Gasteiger partial charge in [0.25, 0.3) is 5.91 Å². The van der Waals surface area contributed by atoms with Crippen LogP contribution in [0, 0.1) is 12.7 Å². The van der Waals surface area contributed by atoms with E-state index in [0.717, 1.165) is 11.3 Å². The van der Waals surface area contributed by atoms with Gasteiger partial charge in [0.1, 0.15) is 11.6 Å². The lowest BCUT2D eigenvalue weighted by atomic mass is 10.2. The van der Waals surface area contributed by atoms with Crippen molar-refractivity contribution in [2.45, 2.75) is 13.5 Å². The molecule has 1 aromatic carbocycles. The third kappa shape index (κ3) is 4.35. The smallest absolute Gasteiger partial charge is 0.258 e. The fourth-order valence-corrected chi connectivity index (χ4v) is 1.54. The topological polar surface area (TPSA) is 51.2 Å². The first kappa shape index (κ1) is 14.0. The summed E-state index contributed by atoms with van der Waals surface area (Å²) in [5.41, 5.74) is 1.72. The van der Waals surface area contributed by atoms with Crippen molar-refractivity contribution in [3.05, 3.63) is 59.7 Å². The molecule has 0 aliphatic heterocycles.